The van der Waals surface area contributed by atoms with Crippen LogP contribution in [-0.4, -0.2) is 31.5 Å². The summed E-state index contributed by atoms with van der Waals surface area (Å²) in [5.41, 5.74) is 14.0. The molecule has 0 bridgehead atoms. The molecule has 0 radical (unpaired) electrons. The lowest BCUT2D eigenvalue weighted by Crippen LogP contribution is -1.96. The molecule has 0 unspecified atom stereocenters. The molecule has 0 atom stereocenters. The van der Waals surface area contributed by atoms with Gasteiger partial charge in [0.1, 0.15) is 5.52 Å². The summed E-state index contributed by atoms with van der Waals surface area (Å²) in [6, 6.07) is 10.7. The van der Waals surface area contributed by atoms with Crippen LogP contribution < -0.4 is 11.5 Å². The molecule has 0 fully saturated rings. The second-order valence-electron chi connectivity index (χ2n) is 4.83. The van der Waals surface area contributed by atoms with E-state index in [-0.39, 0.29) is 5.69 Å². The lowest BCUT2D eigenvalue weighted by Gasteiger charge is -1.92. The zero-order valence-electron chi connectivity index (χ0n) is 11.9. The summed E-state index contributed by atoms with van der Waals surface area (Å²) in [6.07, 6.45) is 1.73. The third-order valence-corrected chi connectivity index (χ3v) is 3.35. The number of rotatable bonds is 1. The molecule has 2 aromatic carbocycles. The van der Waals surface area contributed by atoms with Crippen molar-refractivity contribution in [3.05, 3.63) is 48.3 Å². The van der Waals surface area contributed by atoms with Crippen LogP contribution in [0, 0.1) is 0 Å². The first-order chi connectivity index (χ1) is 11.1. The molecule has 0 aliphatic heterocycles. The first-order valence-corrected chi connectivity index (χ1v) is 6.71. The van der Waals surface area contributed by atoms with Crippen LogP contribution in [0.4, 0.5) is 11.4 Å². The molecule has 0 amide bonds. The molecule has 8 nitrogen and oxygen atoms in total. The second-order valence-corrected chi connectivity index (χ2v) is 4.83. The fraction of sp³-hybridized carbons (Fsp3) is 0. The number of fused-ring (bicyclic) bond motifs is 2. The van der Waals surface area contributed by atoms with Gasteiger partial charge in [0.15, 0.2) is 5.69 Å². The summed E-state index contributed by atoms with van der Waals surface area (Å²) < 4.78 is 0. The second kappa shape index (κ2) is 5.68. The van der Waals surface area contributed by atoms with Crippen LogP contribution in [0.15, 0.2) is 42.6 Å². The Morgan fingerprint density at radius 2 is 1.74 bits per heavy atom. The van der Waals surface area contributed by atoms with Gasteiger partial charge in [-0.15, -0.1) is 0 Å². The number of benzene rings is 2. The largest absolute Gasteiger partial charge is 0.477 e. The zero-order chi connectivity index (χ0) is 16.4. The Kier molecular flexibility index (Phi) is 3.55. The van der Waals surface area contributed by atoms with Gasteiger partial charge >= 0.3 is 5.97 Å². The van der Waals surface area contributed by atoms with E-state index >= 15 is 0 Å². The fourth-order valence-electron chi connectivity index (χ4n) is 2.21. The fourth-order valence-corrected chi connectivity index (χ4v) is 2.21. The molecule has 2 heterocycles. The number of anilines is 2. The third kappa shape index (κ3) is 2.64. The number of hydrogen-bond acceptors (Lipinski definition) is 5. The van der Waals surface area contributed by atoms with Gasteiger partial charge in [-0.1, -0.05) is 18.2 Å². The Bertz CT molecular complexity index is 988. The number of aromatic carboxylic acids is 1. The summed E-state index contributed by atoms with van der Waals surface area (Å²) in [6.45, 7) is 0. The predicted octanol–water partition coefficient (Wildman–Crippen LogP) is 1.99. The summed E-state index contributed by atoms with van der Waals surface area (Å²) >= 11 is 0. The van der Waals surface area contributed by atoms with E-state index in [2.05, 4.69) is 20.4 Å². The minimum Gasteiger partial charge on any atom is -0.477 e. The third-order valence-electron chi connectivity index (χ3n) is 3.35. The summed E-state index contributed by atoms with van der Waals surface area (Å²) in [5.74, 6) is -1.03. The number of nitrogens with one attached hydrogen (secondary N) is 2. The molecular weight excluding hydrogens is 296 g/mol. The van der Waals surface area contributed by atoms with Crippen molar-refractivity contribution >= 4 is 39.1 Å². The topological polar surface area (TPSA) is 147 Å². The van der Waals surface area contributed by atoms with Crippen LogP contribution in [0.3, 0.4) is 0 Å². The summed E-state index contributed by atoms with van der Waals surface area (Å²) in [4.78, 5) is 10.7. The Morgan fingerprint density at radius 3 is 2.48 bits per heavy atom. The van der Waals surface area contributed by atoms with Gasteiger partial charge in [-0.3, -0.25) is 10.2 Å². The molecule has 116 valence electrons. The molecular formula is C15H14N6O2. The normalized spacial score (nSPS) is 10.4. The molecule has 7 N–H and O–H groups in total. The highest BCUT2D eigenvalue weighted by Gasteiger charge is 2.12. The highest BCUT2D eigenvalue weighted by atomic mass is 16.4. The van der Waals surface area contributed by atoms with Gasteiger partial charge < -0.3 is 16.6 Å². The number of carboxylic acid groups (broad SMARTS) is 1. The number of carbonyl (C=O) groups is 1. The standard InChI is InChI=1S/C8H7N3O2.C7H7N3/c9-5-3-1-2-4-6(5)10-11-7(4)8(12)13;8-6-2-1-3-7-5(6)4-9-10-7/h1-3H,9H2,(H,10,11)(H,12,13);1-4H,8H2,(H,9,10). The molecule has 0 saturated carbocycles. The number of nitrogens with zero attached hydrogens (tertiary/aromatic N) is 2. The molecule has 8 heteroatoms. The molecule has 0 aliphatic carbocycles. The molecule has 0 saturated heterocycles. The average Bonchev–Trinajstić information content (AvgIpc) is 3.15. The van der Waals surface area contributed by atoms with Crippen molar-refractivity contribution in [2.24, 2.45) is 0 Å². The van der Waals surface area contributed by atoms with E-state index in [4.69, 9.17) is 16.6 Å². The van der Waals surface area contributed by atoms with E-state index in [0.29, 0.717) is 16.6 Å². The van der Waals surface area contributed by atoms with Crippen molar-refractivity contribution in [1.29, 1.82) is 0 Å². The van der Waals surface area contributed by atoms with Crippen molar-refractivity contribution in [2.45, 2.75) is 0 Å². The molecule has 2 aromatic heterocycles. The Morgan fingerprint density at radius 1 is 1.00 bits per heavy atom. The van der Waals surface area contributed by atoms with Gasteiger partial charge in [-0.25, -0.2) is 4.79 Å². The number of nitrogens with two attached hydrogens (primary N) is 2. The lowest BCUT2D eigenvalue weighted by atomic mass is 10.2. The maximum atomic E-state index is 10.7. The molecule has 4 rings (SSSR count). The Balaban J connectivity index is 0.000000140. The number of nitrogen functional groups attached to an aromatic ring is 2. The highest BCUT2D eigenvalue weighted by molar-refractivity contribution is 6.04. The van der Waals surface area contributed by atoms with Gasteiger partial charge in [-0.05, 0) is 18.2 Å². The van der Waals surface area contributed by atoms with E-state index < -0.39 is 5.97 Å². The van der Waals surface area contributed by atoms with Crippen LogP contribution in [0.2, 0.25) is 0 Å². The van der Waals surface area contributed by atoms with E-state index in [1.807, 2.05) is 18.2 Å². The average molecular weight is 310 g/mol. The smallest absolute Gasteiger partial charge is 0.354 e. The minimum absolute atomic E-state index is 0.0716. The van der Waals surface area contributed by atoms with Crippen LogP contribution in [0.5, 0.6) is 0 Å². The first kappa shape index (κ1) is 14.4. The summed E-state index contributed by atoms with van der Waals surface area (Å²) in [5, 5.41) is 23.2. The van der Waals surface area contributed by atoms with E-state index in [0.717, 1.165) is 16.6 Å². The van der Waals surface area contributed by atoms with Crippen molar-refractivity contribution in [3.8, 4) is 0 Å². The molecule has 0 aliphatic rings. The SMILES string of the molecule is Nc1cccc2[nH]ncc12.Nc1cccc2c(C(=O)O)[nH]nc12. The van der Waals surface area contributed by atoms with Gasteiger partial charge in [0.2, 0.25) is 0 Å². The van der Waals surface area contributed by atoms with Gasteiger partial charge in [0, 0.05) is 16.5 Å². The quantitative estimate of drug-likeness (QED) is 0.340. The highest BCUT2D eigenvalue weighted by Crippen LogP contribution is 2.20. The summed E-state index contributed by atoms with van der Waals surface area (Å²) in [7, 11) is 0. The predicted molar refractivity (Wildman–Crippen MR) is 88.0 cm³/mol. The van der Waals surface area contributed by atoms with E-state index in [1.165, 1.54) is 0 Å². The monoisotopic (exact) mass is 310 g/mol. The Labute approximate surface area is 130 Å². The maximum Gasteiger partial charge on any atom is 0.354 e. The van der Waals surface area contributed by atoms with E-state index in [1.54, 1.807) is 24.4 Å². The van der Waals surface area contributed by atoms with Crippen molar-refractivity contribution < 1.29 is 9.90 Å². The van der Waals surface area contributed by atoms with Crippen LogP contribution in [0.25, 0.3) is 21.8 Å². The first-order valence-electron chi connectivity index (χ1n) is 6.71. The molecule has 4 aromatic rings. The van der Waals surface area contributed by atoms with Crippen molar-refractivity contribution in [2.75, 3.05) is 11.5 Å². The van der Waals surface area contributed by atoms with Crippen LogP contribution in [0.1, 0.15) is 10.5 Å². The van der Waals surface area contributed by atoms with Crippen molar-refractivity contribution in [3.63, 3.8) is 0 Å². The van der Waals surface area contributed by atoms with Gasteiger partial charge in [0.05, 0.1) is 17.4 Å². The Hall–Kier alpha value is -3.55. The number of aromatic amines is 2. The molecule has 23 heavy (non-hydrogen) atoms. The number of carboxylic acids is 1. The zero-order valence-corrected chi connectivity index (χ0v) is 11.9. The maximum absolute atomic E-state index is 10.7. The van der Waals surface area contributed by atoms with Crippen LogP contribution >= 0.6 is 0 Å². The lowest BCUT2D eigenvalue weighted by molar-refractivity contribution is 0.0692. The number of para-hydroxylation sites is 1. The minimum atomic E-state index is -1.03. The van der Waals surface area contributed by atoms with Crippen LogP contribution in [-0.2, 0) is 0 Å². The number of hydrogen-bond donors (Lipinski definition) is 5. The number of aromatic nitrogens is 4. The van der Waals surface area contributed by atoms with Gasteiger partial charge in [-0.2, -0.15) is 10.2 Å². The number of H-pyrrole nitrogens is 2. The van der Waals surface area contributed by atoms with Gasteiger partial charge in [0.25, 0.3) is 0 Å². The van der Waals surface area contributed by atoms with Crippen molar-refractivity contribution in [1.82, 2.24) is 20.4 Å². The molecule has 0 spiro atoms. The van der Waals surface area contributed by atoms with E-state index in [9.17, 15) is 4.79 Å².